The first-order valence-electron chi connectivity index (χ1n) is 6.62. The van der Waals surface area contributed by atoms with E-state index in [1.54, 1.807) is 12.1 Å². The minimum absolute atomic E-state index is 0.155. The number of rotatable bonds is 2. The lowest BCUT2D eigenvalue weighted by atomic mass is 10.00. The number of hydrogen-bond acceptors (Lipinski definition) is 6. The molecule has 0 amide bonds. The number of hydrogen-bond donors (Lipinski definition) is 1. The maximum absolute atomic E-state index is 10.8. The fraction of sp³-hybridized carbons (Fsp3) is 0.538. The van der Waals surface area contributed by atoms with Gasteiger partial charge in [-0.25, -0.2) is 4.98 Å². The molecule has 0 saturated carbocycles. The van der Waals surface area contributed by atoms with Gasteiger partial charge in [-0.1, -0.05) is 0 Å². The van der Waals surface area contributed by atoms with Crippen LogP contribution >= 0.6 is 0 Å². The Kier molecular flexibility index (Phi) is 3.03. The predicted octanol–water partition coefficient (Wildman–Crippen LogP) is 1.35. The number of nitriles is 1. The molecule has 7 nitrogen and oxygen atoms in total. The molecule has 0 aliphatic carbocycles. The van der Waals surface area contributed by atoms with Crippen molar-refractivity contribution in [3.05, 3.63) is 27.9 Å². The van der Waals surface area contributed by atoms with E-state index in [0.717, 1.165) is 12.8 Å². The molecular weight excluding hydrogens is 260 g/mol. The van der Waals surface area contributed by atoms with Gasteiger partial charge in [-0.05, 0) is 31.7 Å². The Bertz CT molecular complexity index is 584. The zero-order chi connectivity index (χ0) is 14.3. The van der Waals surface area contributed by atoms with E-state index >= 15 is 0 Å². The van der Waals surface area contributed by atoms with E-state index in [1.165, 1.54) is 6.07 Å². The fourth-order valence-electron chi connectivity index (χ4n) is 3.34. The van der Waals surface area contributed by atoms with Crippen molar-refractivity contribution in [3.8, 4) is 6.07 Å². The number of nitrogens with zero attached hydrogens (tertiary/aromatic N) is 4. The highest BCUT2D eigenvalue weighted by atomic mass is 16.6. The van der Waals surface area contributed by atoms with Crippen molar-refractivity contribution in [2.75, 3.05) is 4.90 Å². The summed E-state index contributed by atoms with van der Waals surface area (Å²) >= 11 is 0. The molecule has 2 atom stereocenters. The molecule has 0 radical (unpaired) electrons. The molecule has 2 bridgehead atoms. The van der Waals surface area contributed by atoms with E-state index < -0.39 is 4.92 Å². The SMILES string of the molecule is N#Cc1nc(N2C3CCC2CC(O)C3)ccc1[N+](=O)[O-]. The molecule has 104 valence electrons. The highest BCUT2D eigenvalue weighted by molar-refractivity contribution is 5.53. The minimum Gasteiger partial charge on any atom is -0.393 e. The summed E-state index contributed by atoms with van der Waals surface area (Å²) < 4.78 is 0. The van der Waals surface area contributed by atoms with Gasteiger partial charge < -0.3 is 10.0 Å². The van der Waals surface area contributed by atoms with Crippen molar-refractivity contribution >= 4 is 11.5 Å². The van der Waals surface area contributed by atoms with Crippen LogP contribution in [0, 0.1) is 21.4 Å². The molecule has 2 aliphatic heterocycles. The zero-order valence-corrected chi connectivity index (χ0v) is 10.8. The van der Waals surface area contributed by atoms with Crippen LogP contribution in [0.2, 0.25) is 0 Å². The number of pyridine rings is 1. The average molecular weight is 274 g/mol. The van der Waals surface area contributed by atoms with Gasteiger partial charge in [0.15, 0.2) is 0 Å². The van der Waals surface area contributed by atoms with Crippen LogP contribution in [-0.4, -0.2) is 33.2 Å². The highest BCUT2D eigenvalue weighted by Crippen LogP contribution is 2.39. The van der Waals surface area contributed by atoms with Gasteiger partial charge in [0, 0.05) is 18.2 Å². The molecule has 2 unspecified atom stereocenters. The maximum Gasteiger partial charge on any atom is 0.305 e. The predicted molar refractivity (Wildman–Crippen MR) is 70.1 cm³/mol. The second-order valence-electron chi connectivity index (χ2n) is 5.32. The first kappa shape index (κ1) is 12.8. The summed E-state index contributed by atoms with van der Waals surface area (Å²) in [5.74, 6) is 0.603. The van der Waals surface area contributed by atoms with Crippen LogP contribution in [0.3, 0.4) is 0 Å². The van der Waals surface area contributed by atoms with Gasteiger partial charge in [0.1, 0.15) is 11.9 Å². The quantitative estimate of drug-likeness (QED) is 0.645. The molecule has 3 rings (SSSR count). The topological polar surface area (TPSA) is 103 Å². The van der Waals surface area contributed by atoms with Gasteiger partial charge >= 0.3 is 5.69 Å². The van der Waals surface area contributed by atoms with Gasteiger partial charge in [0.2, 0.25) is 5.69 Å². The van der Waals surface area contributed by atoms with Gasteiger partial charge in [-0.2, -0.15) is 5.26 Å². The summed E-state index contributed by atoms with van der Waals surface area (Å²) in [6.07, 6.45) is 3.08. The maximum atomic E-state index is 10.8. The summed E-state index contributed by atoms with van der Waals surface area (Å²) in [4.78, 5) is 16.5. The molecule has 3 heterocycles. The van der Waals surface area contributed by atoms with E-state index in [1.807, 2.05) is 0 Å². The number of fused-ring (bicyclic) bond motifs is 2. The number of piperidine rings is 1. The van der Waals surface area contributed by atoms with Gasteiger partial charge in [-0.15, -0.1) is 0 Å². The number of nitro groups is 1. The van der Waals surface area contributed by atoms with Crippen LogP contribution in [-0.2, 0) is 0 Å². The molecule has 1 aromatic heterocycles. The normalized spacial score (nSPS) is 28.2. The van der Waals surface area contributed by atoms with Crippen molar-refractivity contribution in [1.29, 1.82) is 5.26 Å². The third-order valence-corrected chi connectivity index (χ3v) is 4.13. The number of aromatic nitrogens is 1. The first-order valence-corrected chi connectivity index (χ1v) is 6.62. The zero-order valence-electron chi connectivity index (χ0n) is 10.8. The second-order valence-corrected chi connectivity index (χ2v) is 5.32. The molecule has 0 aromatic carbocycles. The molecule has 20 heavy (non-hydrogen) atoms. The van der Waals surface area contributed by atoms with Crippen molar-refractivity contribution in [3.63, 3.8) is 0 Å². The standard InChI is InChI=1S/C13H14N4O3/c14-7-11-12(17(19)20)3-4-13(15-11)16-8-1-2-9(16)6-10(18)5-8/h3-4,8-10,18H,1-2,5-6H2. The summed E-state index contributed by atoms with van der Waals surface area (Å²) in [5.41, 5.74) is -0.418. The average Bonchev–Trinajstić information content (AvgIpc) is 2.70. The third-order valence-electron chi connectivity index (χ3n) is 4.13. The number of aliphatic hydroxyl groups excluding tert-OH is 1. The minimum atomic E-state index is -0.593. The Balaban J connectivity index is 1.96. The summed E-state index contributed by atoms with van der Waals surface area (Å²) in [7, 11) is 0. The largest absolute Gasteiger partial charge is 0.393 e. The highest BCUT2D eigenvalue weighted by Gasteiger charge is 2.41. The smallest absolute Gasteiger partial charge is 0.305 e. The summed E-state index contributed by atoms with van der Waals surface area (Å²) in [6.45, 7) is 0. The Labute approximate surface area is 115 Å². The van der Waals surface area contributed by atoms with Crippen LogP contribution in [0.25, 0.3) is 0 Å². The van der Waals surface area contributed by atoms with Crippen molar-refractivity contribution in [2.45, 2.75) is 43.9 Å². The van der Waals surface area contributed by atoms with E-state index in [2.05, 4.69) is 9.88 Å². The summed E-state index contributed by atoms with van der Waals surface area (Å²) in [6, 6.07) is 5.15. The van der Waals surface area contributed by atoms with E-state index in [9.17, 15) is 15.2 Å². The first-order chi connectivity index (χ1) is 9.60. The summed E-state index contributed by atoms with van der Waals surface area (Å²) in [5, 5.41) is 29.6. The molecule has 0 spiro atoms. The Morgan fingerprint density at radius 2 is 2.05 bits per heavy atom. The molecule has 2 aliphatic rings. The Morgan fingerprint density at radius 1 is 1.40 bits per heavy atom. The molecular formula is C13H14N4O3. The molecule has 1 aromatic rings. The van der Waals surface area contributed by atoms with Crippen LogP contribution < -0.4 is 4.90 Å². The molecule has 2 fully saturated rings. The molecule has 2 saturated heterocycles. The number of aliphatic hydroxyl groups is 1. The number of anilines is 1. The van der Waals surface area contributed by atoms with Gasteiger partial charge in [0.05, 0.1) is 11.0 Å². The Morgan fingerprint density at radius 3 is 2.60 bits per heavy atom. The van der Waals surface area contributed by atoms with E-state index in [-0.39, 0.29) is 29.6 Å². The molecule has 1 N–H and O–H groups in total. The van der Waals surface area contributed by atoms with Gasteiger partial charge in [-0.3, -0.25) is 10.1 Å². The van der Waals surface area contributed by atoms with Crippen LogP contribution in [0.5, 0.6) is 0 Å². The van der Waals surface area contributed by atoms with Gasteiger partial charge in [0.25, 0.3) is 0 Å². The lowest BCUT2D eigenvalue weighted by molar-refractivity contribution is -0.385. The van der Waals surface area contributed by atoms with Crippen molar-refractivity contribution in [1.82, 2.24) is 4.98 Å². The third kappa shape index (κ3) is 1.98. The Hall–Kier alpha value is -2.20. The van der Waals surface area contributed by atoms with Crippen LogP contribution in [0.15, 0.2) is 12.1 Å². The van der Waals surface area contributed by atoms with E-state index in [4.69, 9.17) is 5.26 Å². The fourth-order valence-corrected chi connectivity index (χ4v) is 3.34. The lowest BCUT2D eigenvalue weighted by Gasteiger charge is -2.38. The lowest BCUT2D eigenvalue weighted by Crippen LogP contribution is -2.45. The second kappa shape index (κ2) is 4.72. The van der Waals surface area contributed by atoms with E-state index in [0.29, 0.717) is 18.7 Å². The van der Waals surface area contributed by atoms with Crippen molar-refractivity contribution < 1.29 is 10.0 Å². The van der Waals surface area contributed by atoms with Crippen molar-refractivity contribution in [2.24, 2.45) is 0 Å². The molecule has 7 heteroatoms. The van der Waals surface area contributed by atoms with Crippen LogP contribution in [0.4, 0.5) is 11.5 Å². The monoisotopic (exact) mass is 274 g/mol. The van der Waals surface area contributed by atoms with Crippen LogP contribution in [0.1, 0.15) is 31.4 Å².